The molecule has 0 fully saturated rings. The second-order valence-corrected chi connectivity index (χ2v) is 7.13. The number of hydrogen-bond donors (Lipinski definition) is 1. The smallest absolute Gasteiger partial charge is 0.508 e. The molecule has 1 atom stereocenters. The van der Waals surface area contributed by atoms with Gasteiger partial charge in [0.2, 0.25) is 0 Å². The van der Waals surface area contributed by atoms with Gasteiger partial charge in [0.05, 0.1) is 0 Å². The van der Waals surface area contributed by atoms with Crippen molar-refractivity contribution in [3.8, 4) is 5.75 Å². The Bertz CT molecular complexity index is 483. The van der Waals surface area contributed by atoms with Crippen molar-refractivity contribution in [2.75, 3.05) is 0 Å². The quantitative estimate of drug-likeness (QED) is 0.312. The molecule has 1 aromatic rings. The van der Waals surface area contributed by atoms with E-state index in [2.05, 4.69) is 75.3 Å². The van der Waals surface area contributed by atoms with Crippen LogP contribution in [0.15, 0.2) is 47.1 Å². The van der Waals surface area contributed by atoms with Crippen LogP contribution in [0.25, 0.3) is 0 Å². The number of para-hydroxylation sites is 1. The molecule has 0 spiro atoms. The van der Waals surface area contributed by atoms with Crippen LogP contribution in [0.4, 0.5) is 0 Å². The van der Waals surface area contributed by atoms with Crippen molar-refractivity contribution in [3.05, 3.63) is 65.0 Å². The molecule has 2 rings (SSSR count). The fraction of sp³-hybridized carbons (Fsp3) is 0.478. The largest absolute Gasteiger partial charge is 3.00 e. The van der Waals surface area contributed by atoms with Crippen LogP contribution in [-0.4, -0.2) is 5.11 Å². The Morgan fingerprint density at radius 2 is 1.15 bits per heavy atom. The summed E-state index contributed by atoms with van der Waals surface area (Å²) in [4.78, 5) is 0. The van der Waals surface area contributed by atoms with E-state index in [1.165, 1.54) is 28.6 Å². The van der Waals surface area contributed by atoms with Gasteiger partial charge in [0.1, 0.15) is 5.75 Å². The van der Waals surface area contributed by atoms with Gasteiger partial charge in [0, 0.05) is 0 Å². The minimum absolute atomic E-state index is 0. The second-order valence-electron chi connectivity index (χ2n) is 7.13. The van der Waals surface area contributed by atoms with Crippen LogP contribution in [0.3, 0.4) is 0 Å². The van der Waals surface area contributed by atoms with Crippen LogP contribution in [0.2, 0.25) is 0 Å². The van der Waals surface area contributed by atoms with E-state index in [1.54, 1.807) is 24.3 Å². The molecular formula is C23H39Cl2OTi. The minimum atomic E-state index is 0. The fourth-order valence-electron chi connectivity index (χ4n) is 1.59. The average molecular weight is 450 g/mol. The summed E-state index contributed by atoms with van der Waals surface area (Å²) >= 11 is 0. The van der Waals surface area contributed by atoms with Gasteiger partial charge in [-0.2, -0.15) is 52.7 Å². The second kappa shape index (κ2) is 22.1. The van der Waals surface area contributed by atoms with E-state index in [-0.39, 0.29) is 46.5 Å². The Morgan fingerprint density at radius 1 is 0.815 bits per heavy atom. The number of aromatic hydroxyl groups is 1. The maximum Gasteiger partial charge on any atom is 3.00 e. The third-order valence-corrected chi connectivity index (χ3v) is 2.99. The molecule has 0 aliphatic heterocycles. The SMILES string of the molecule is CC1=[C-]C(C)C(C)=C1C.C[C-](C)C.C[C-](C)C.Cl.Cl.Oc1ccccc1.[Ti+3]. The Morgan fingerprint density at radius 3 is 1.26 bits per heavy atom. The number of halogens is 2. The molecule has 1 N–H and O–H groups in total. The Balaban J connectivity index is -0.0000000815. The fourth-order valence-corrected chi connectivity index (χ4v) is 1.59. The van der Waals surface area contributed by atoms with Gasteiger partial charge in [0.15, 0.2) is 0 Å². The van der Waals surface area contributed by atoms with Crippen molar-refractivity contribution in [2.45, 2.75) is 69.2 Å². The Hall–Kier alpha value is -0.206. The normalized spacial score (nSPS) is 13.9. The van der Waals surface area contributed by atoms with E-state index < -0.39 is 0 Å². The van der Waals surface area contributed by atoms with E-state index in [0.29, 0.717) is 11.7 Å². The molecule has 0 amide bonds. The zero-order valence-corrected chi connectivity index (χ0v) is 21.9. The molecule has 0 bridgehead atoms. The van der Waals surface area contributed by atoms with E-state index in [0.717, 1.165) is 0 Å². The van der Waals surface area contributed by atoms with Crippen molar-refractivity contribution in [2.24, 2.45) is 5.92 Å². The van der Waals surface area contributed by atoms with E-state index >= 15 is 0 Å². The van der Waals surface area contributed by atoms with Crippen LogP contribution in [0.1, 0.15) is 69.2 Å². The zero-order chi connectivity index (χ0) is 19.3. The van der Waals surface area contributed by atoms with Crippen molar-refractivity contribution in [1.29, 1.82) is 0 Å². The molecule has 1 aromatic carbocycles. The van der Waals surface area contributed by atoms with Gasteiger partial charge in [-0.05, 0) is 12.1 Å². The van der Waals surface area contributed by atoms with Crippen LogP contribution in [0, 0.1) is 23.8 Å². The third-order valence-electron chi connectivity index (χ3n) is 2.99. The molecule has 1 nitrogen and oxygen atoms in total. The zero-order valence-electron chi connectivity index (χ0n) is 18.7. The molecule has 4 heteroatoms. The molecular weight excluding hydrogens is 411 g/mol. The van der Waals surface area contributed by atoms with Gasteiger partial charge in [-0.25, -0.2) is 5.57 Å². The van der Waals surface area contributed by atoms with Crippen molar-refractivity contribution < 1.29 is 26.8 Å². The van der Waals surface area contributed by atoms with Crippen molar-refractivity contribution in [3.63, 3.8) is 0 Å². The molecule has 1 aliphatic carbocycles. The summed E-state index contributed by atoms with van der Waals surface area (Å²) < 4.78 is 0. The molecule has 1 radical (unpaired) electrons. The Kier molecular flexibility index (Phi) is 30.7. The molecule has 1 unspecified atom stereocenters. The van der Waals surface area contributed by atoms with Crippen molar-refractivity contribution >= 4 is 24.8 Å². The van der Waals surface area contributed by atoms with Gasteiger partial charge in [-0.15, -0.1) is 31.7 Å². The van der Waals surface area contributed by atoms with Crippen LogP contribution < -0.4 is 0 Å². The monoisotopic (exact) mass is 449 g/mol. The maximum atomic E-state index is 8.63. The topological polar surface area (TPSA) is 20.2 Å². The number of rotatable bonds is 0. The summed E-state index contributed by atoms with van der Waals surface area (Å²) in [6.07, 6.45) is 3.36. The number of phenolic OH excluding ortho intramolecular Hbond substituents is 1. The summed E-state index contributed by atoms with van der Waals surface area (Å²) in [6, 6.07) is 8.71. The van der Waals surface area contributed by atoms with E-state index in [4.69, 9.17) is 5.11 Å². The molecule has 1 aliphatic rings. The molecule has 0 aromatic heterocycles. The first kappa shape index (κ1) is 37.5. The van der Waals surface area contributed by atoms with Crippen molar-refractivity contribution in [1.82, 2.24) is 0 Å². The first-order chi connectivity index (χ1) is 11.0. The van der Waals surface area contributed by atoms with Gasteiger partial charge >= 0.3 is 21.7 Å². The Labute approximate surface area is 196 Å². The van der Waals surface area contributed by atoms with Crippen LogP contribution >= 0.6 is 24.8 Å². The van der Waals surface area contributed by atoms with Gasteiger partial charge in [-0.3, -0.25) is 6.08 Å². The average Bonchev–Trinajstić information content (AvgIpc) is 2.66. The van der Waals surface area contributed by atoms with Gasteiger partial charge in [0.25, 0.3) is 0 Å². The summed E-state index contributed by atoms with van der Waals surface area (Å²) in [7, 11) is 0. The molecule has 0 heterocycles. The predicted molar refractivity (Wildman–Crippen MR) is 123 cm³/mol. The van der Waals surface area contributed by atoms with Gasteiger partial charge < -0.3 is 16.9 Å². The standard InChI is InChI=1S/C9H13.C6H6O.2C4H9.2ClH.Ti/c1-6-5-7(2)9(4)8(6)3;7-6-4-2-1-3-5-6;2*1-4(2)3;;;/h6H,1-4H3;1-5,7H;2*1-3H3;2*1H;/q-1;;2*-1;;;+3. The minimum Gasteiger partial charge on any atom is -0.508 e. The van der Waals surface area contributed by atoms with Gasteiger partial charge in [-0.1, -0.05) is 44.9 Å². The van der Waals surface area contributed by atoms with Crippen LogP contribution in [0.5, 0.6) is 5.75 Å². The molecule has 27 heavy (non-hydrogen) atoms. The number of hydrogen-bond acceptors (Lipinski definition) is 1. The summed E-state index contributed by atoms with van der Waals surface area (Å²) in [6.45, 7) is 21.2. The number of benzene rings is 1. The molecule has 155 valence electrons. The first-order valence-electron chi connectivity index (χ1n) is 8.54. The summed E-state index contributed by atoms with van der Waals surface area (Å²) in [5, 5.41) is 8.63. The summed E-state index contributed by atoms with van der Waals surface area (Å²) in [5.74, 6) is 3.72. The predicted octanol–water partition coefficient (Wildman–Crippen LogP) is 8.20. The molecule has 0 saturated heterocycles. The van der Waals surface area contributed by atoms with Crippen LogP contribution in [-0.2, 0) is 21.7 Å². The first-order valence-corrected chi connectivity index (χ1v) is 8.54. The number of phenols is 1. The third kappa shape index (κ3) is 25.8. The summed E-state index contributed by atoms with van der Waals surface area (Å²) in [5.41, 5.74) is 4.25. The molecule has 0 saturated carbocycles. The number of allylic oxidation sites excluding steroid dienone is 4. The van der Waals surface area contributed by atoms with E-state index in [9.17, 15) is 0 Å². The maximum absolute atomic E-state index is 8.63. The van der Waals surface area contributed by atoms with E-state index in [1.807, 2.05) is 6.07 Å².